The molecule has 2 aromatic carbocycles. The van der Waals surface area contributed by atoms with Crippen LogP contribution >= 0.6 is 11.6 Å². The van der Waals surface area contributed by atoms with Gasteiger partial charge in [-0.2, -0.15) is 5.10 Å². The topological polar surface area (TPSA) is 63.8 Å². The summed E-state index contributed by atoms with van der Waals surface area (Å²) in [6.45, 7) is 6.02. The number of carbonyl (C=O) groups excluding carboxylic acids is 1. The van der Waals surface area contributed by atoms with E-state index >= 15 is 0 Å². The molecule has 0 atom stereocenters. The van der Waals surface area contributed by atoms with E-state index in [0.29, 0.717) is 23.0 Å². The zero-order valence-electron chi connectivity index (χ0n) is 16.6. The number of nitrogens with zero attached hydrogens (tertiary/aromatic N) is 1. The molecule has 0 saturated heterocycles. The lowest BCUT2D eigenvalue weighted by atomic mass is 10.0. The first-order valence-corrected chi connectivity index (χ1v) is 9.72. The second-order valence-electron chi connectivity index (χ2n) is 6.98. The van der Waals surface area contributed by atoms with Crippen LogP contribution < -0.4 is 10.2 Å². The largest absolute Gasteiger partial charge is 0.483 e. The van der Waals surface area contributed by atoms with E-state index in [0.717, 1.165) is 16.7 Å². The minimum Gasteiger partial charge on any atom is -0.483 e. The van der Waals surface area contributed by atoms with Crippen LogP contribution in [0, 0.1) is 6.92 Å². The molecule has 3 aromatic rings. The van der Waals surface area contributed by atoms with Crippen LogP contribution in [0.5, 0.6) is 5.75 Å². The van der Waals surface area contributed by atoms with Crippen LogP contribution in [0.25, 0.3) is 11.3 Å². The molecule has 0 bridgehead atoms. The summed E-state index contributed by atoms with van der Waals surface area (Å²) >= 11 is 6.12. The van der Waals surface area contributed by atoms with Gasteiger partial charge >= 0.3 is 0 Å². The van der Waals surface area contributed by atoms with Crippen LogP contribution in [0.2, 0.25) is 5.22 Å². The summed E-state index contributed by atoms with van der Waals surface area (Å²) in [6.07, 6.45) is 1.45. The number of halogens is 1. The van der Waals surface area contributed by atoms with Crippen molar-refractivity contribution in [2.45, 2.75) is 26.7 Å². The molecule has 150 valence electrons. The van der Waals surface area contributed by atoms with Gasteiger partial charge in [-0.15, -0.1) is 0 Å². The fourth-order valence-electron chi connectivity index (χ4n) is 2.81. The summed E-state index contributed by atoms with van der Waals surface area (Å²) in [7, 11) is 0. The van der Waals surface area contributed by atoms with E-state index in [-0.39, 0.29) is 17.7 Å². The smallest absolute Gasteiger partial charge is 0.277 e. The highest BCUT2D eigenvalue weighted by Gasteiger charge is 2.11. The van der Waals surface area contributed by atoms with Crippen molar-refractivity contribution in [2.75, 3.05) is 6.61 Å². The molecule has 0 unspecified atom stereocenters. The van der Waals surface area contributed by atoms with Crippen molar-refractivity contribution in [2.24, 2.45) is 5.10 Å². The number of rotatable bonds is 7. The maximum Gasteiger partial charge on any atom is 0.277 e. The Bertz CT molecular complexity index is 1010. The number of carbonyl (C=O) groups is 1. The summed E-state index contributed by atoms with van der Waals surface area (Å²) in [5.41, 5.74) is 6.07. The van der Waals surface area contributed by atoms with E-state index < -0.39 is 0 Å². The van der Waals surface area contributed by atoms with Gasteiger partial charge in [0, 0.05) is 5.56 Å². The van der Waals surface area contributed by atoms with Gasteiger partial charge in [0.15, 0.2) is 6.61 Å². The van der Waals surface area contributed by atoms with Crippen molar-refractivity contribution in [3.8, 4) is 17.1 Å². The van der Waals surface area contributed by atoms with E-state index in [2.05, 4.69) is 24.4 Å². The van der Waals surface area contributed by atoms with Gasteiger partial charge in [-0.1, -0.05) is 56.3 Å². The number of benzene rings is 2. The number of hydrogen-bond donors (Lipinski definition) is 1. The summed E-state index contributed by atoms with van der Waals surface area (Å²) in [6, 6.07) is 17.4. The van der Waals surface area contributed by atoms with Crippen molar-refractivity contribution in [1.82, 2.24) is 5.43 Å². The molecule has 29 heavy (non-hydrogen) atoms. The highest BCUT2D eigenvalue weighted by atomic mass is 35.5. The fourth-order valence-corrected chi connectivity index (χ4v) is 3.00. The first kappa shape index (κ1) is 20.7. The molecule has 5 nitrogen and oxygen atoms in total. The highest BCUT2D eigenvalue weighted by Crippen LogP contribution is 2.28. The minimum atomic E-state index is -0.361. The van der Waals surface area contributed by atoms with Crippen molar-refractivity contribution < 1.29 is 13.9 Å². The number of furan rings is 1. The number of aryl methyl sites for hydroxylation is 1. The molecule has 3 rings (SSSR count). The SMILES string of the molecule is Cc1ccc(C(C)C)c(OCC(=O)NN=Cc2cc(-c3ccccc3)oc2Cl)c1. The number of amides is 1. The molecule has 0 aliphatic carbocycles. The van der Waals surface area contributed by atoms with Crippen LogP contribution in [0.15, 0.2) is 64.1 Å². The van der Waals surface area contributed by atoms with Gasteiger partial charge < -0.3 is 9.15 Å². The number of ether oxygens (including phenoxy) is 1. The highest BCUT2D eigenvalue weighted by molar-refractivity contribution is 6.31. The number of hydrazone groups is 1. The van der Waals surface area contributed by atoms with Gasteiger partial charge in [0.2, 0.25) is 5.22 Å². The molecule has 1 N–H and O–H groups in total. The maximum absolute atomic E-state index is 12.1. The molecule has 0 aliphatic rings. The Morgan fingerprint density at radius 3 is 2.69 bits per heavy atom. The van der Waals surface area contributed by atoms with Gasteiger partial charge in [-0.25, -0.2) is 5.43 Å². The molecular formula is C23H23ClN2O3. The minimum absolute atomic E-state index is 0.130. The van der Waals surface area contributed by atoms with Crippen molar-refractivity contribution in [3.05, 3.63) is 76.5 Å². The molecule has 0 fully saturated rings. The summed E-state index contributed by atoms with van der Waals surface area (Å²) in [4.78, 5) is 12.1. The lowest BCUT2D eigenvalue weighted by molar-refractivity contribution is -0.123. The van der Waals surface area contributed by atoms with Gasteiger partial charge in [0.25, 0.3) is 5.91 Å². The summed E-state index contributed by atoms with van der Waals surface area (Å²) in [5.74, 6) is 1.28. The standard InChI is InChI=1S/C23H23ClN2O3/c1-15(2)19-10-9-16(3)11-21(19)28-14-22(27)26-25-13-18-12-20(29-23(18)24)17-7-5-4-6-8-17/h4-13,15H,14H2,1-3H3,(H,26,27). The second-order valence-corrected chi connectivity index (χ2v) is 7.33. The summed E-state index contributed by atoms with van der Waals surface area (Å²) in [5, 5.41) is 4.16. The monoisotopic (exact) mass is 410 g/mol. The van der Waals surface area contributed by atoms with E-state index in [1.165, 1.54) is 6.21 Å². The van der Waals surface area contributed by atoms with Gasteiger partial charge in [-0.05, 0) is 47.7 Å². The zero-order valence-corrected chi connectivity index (χ0v) is 17.4. The molecule has 0 radical (unpaired) electrons. The van der Waals surface area contributed by atoms with E-state index in [4.69, 9.17) is 20.8 Å². The Balaban J connectivity index is 1.58. The molecule has 1 amide bonds. The molecule has 0 spiro atoms. The first-order chi connectivity index (χ1) is 13.9. The Morgan fingerprint density at radius 2 is 1.97 bits per heavy atom. The van der Waals surface area contributed by atoms with Gasteiger partial charge in [0.05, 0.1) is 11.8 Å². The molecule has 6 heteroatoms. The average molecular weight is 411 g/mol. The fraction of sp³-hybridized carbons (Fsp3) is 0.217. The van der Waals surface area contributed by atoms with Crippen LogP contribution in [-0.4, -0.2) is 18.7 Å². The summed E-state index contributed by atoms with van der Waals surface area (Å²) < 4.78 is 11.2. The van der Waals surface area contributed by atoms with Gasteiger partial charge in [0.1, 0.15) is 11.5 Å². The quantitative estimate of drug-likeness (QED) is 0.409. The number of hydrogen-bond acceptors (Lipinski definition) is 4. The third-order valence-electron chi connectivity index (χ3n) is 4.31. The Morgan fingerprint density at radius 1 is 1.21 bits per heavy atom. The molecule has 0 saturated carbocycles. The predicted molar refractivity (Wildman–Crippen MR) is 116 cm³/mol. The van der Waals surface area contributed by atoms with E-state index in [1.807, 2.05) is 55.5 Å². The third kappa shape index (κ3) is 5.48. The molecule has 0 aliphatic heterocycles. The van der Waals surface area contributed by atoms with Crippen molar-refractivity contribution >= 4 is 23.7 Å². The molecular weight excluding hydrogens is 388 g/mol. The van der Waals surface area contributed by atoms with E-state index in [9.17, 15) is 4.79 Å². The van der Waals surface area contributed by atoms with Crippen LogP contribution in [0.1, 0.15) is 36.5 Å². The zero-order chi connectivity index (χ0) is 20.8. The third-order valence-corrected chi connectivity index (χ3v) is 4.61. The second kappa shape index (κ2) is 9.43. The average Bonchev–Trinajstić information content (AvgIpc) is 3.07. The van der Waals surface area contributed by atoms with Crippen molar-refractivity contribution in [3.63, 3.8) is 0 Å². The van der Waals surface area contributed by atoms with Crippen LogP contribution in [0.4, 0.5) is 0 Å². The van der Waals surface area contributed by atoms with Crippen LogP contribution in [0.3, 0.4) is 0 Å². The Labute approximate surface area is 175 Å². The first-order valence-electron chi connectivity index (χ1n) is 9.34. The molecule has 1 aromatic heterocycles. The predicted octanol–water partition coefficient (Wildman–Crippen LogP) is 5.56. The Kier molecular flexibility index (Phi) is 6.73. The normalized spacial score (nSPS) is 11.2. The van der Waals surface area contributed by atoms with E-state index in [1.54, 1.807) is 6.07 Å². The Hall–Kier alpha value is -3.05. The maximum atomic E-state index is 12.1. The number of nitrogens with one attached hydrogen (secondary N) is 1. The van der Waals surface area contributed by atoms with Crippen LogP contribution in [-0.2, 0) is 4.79 Å². The van der Waals surface area contributed by atoms with Crippen molar-refractivity contribution in [1.29, 1.82) is 0 Å². The lowest BCUT2D eigenvalue weighted by Gasteiger charge is -2.14. The molecule has 1 heterocycles. The lowest BCUT2D eigenvalue weighted by Crippen LogP contribution is -2.25. The van der Waals surface area contributed by atoms with Gasteiger partial charge in [-0.3, -0.25) is 4.79 Å².